The Labute approximate surface area is 120 Å². The average Bonchev–Trinajstić information content (AvgIpc) is 2.30. The van der Waals surface area contributed by atoms with Crippen LogP contribution >= 0.6 is 12.2 Å². The van der Waals surface area contributed by atoms with Crippen LogP contribution in [-0.4, -0.2) is 23.6 Å². The lowest BCUT2D eigenvalue weighted by atomic mass is 10.1. The van der Waals surface area contributed by atoms with E-state index in [1.165, 1.54) is 0 Å². The third kappa shape index (κ3) is 5.70. The van der Waals surface area contributed by atoms with Gasteiger partial charge >= 0.3 is 0 Å². The molecule has 0 aliphatic rings. The van der Waals surface area contributed by atoms with E-state index in [9.17, 15) is 4.79 Å². The fraction of sp³-hybridized carbons (Fsp3) is 0.429. The van der Waals surface area contributed by atoms with E-state index in [1.807, 2.05) is 45.9 Å². The molecule has 1 aromatic rings. The summed E-state index contributed by atoms with van der Waals surface area (Å²) in [4.78, 5) is 11.5. The summed E-state index contributed by atoms with van der Waals surface area (Å²) >= 11 is 5.17. The smallest absolute Gasteiger partial charge is 0.239 e. The molecule has 0 radical (unpaired) electrons. The van der Waals surface area contributed by atoms with Crippen LogP contribution < -0.4 is 16.0 Å². The van der Waals surface area contributed by atoms with E-state index < -0.39 is 0 Å². The molecule has 0 aromatic heterocycles. The number of amides is 1. The summed E-state index contributed by atoms with van der Waals surface area (Å²) in [6, 6.07) is 6.24. The number of nitrogens with one attached hydrogen (secondary N) is 3. The summed E-state index contributed by atoms with van der Waals surface area (Å²) in [5, 5.41) is 9.24. The highest BCUT2D eigenvalue weighted by Crippen LogP contribution is 2.15. The van der Waals surface area contributed by atoms with Gasteiger partial charge in [-0.15, -0.1) is 0 Å². The zero-order valence-corrected chi connectivity index (χ0v) is 12.6. The average molecular weight is 279 g/mol. The lowest BCUT2D eigenvalue weighted by molar-refractivity contribution is -0.120. The molecule has 0 heterocycles. The molecular formula is C14H21N3OS. The lowest BCUT2D eigenvalue weighted by Gasteiger charge is -2.14. The van der Waals surface area contributed by atoms with E-state index >= 15 is 0 Å². The normalized spacial score (nSPS) is 10.2. The molecule has 0 saturated heterocycles. The quantitative estimate of drug-likeness (QED) is 0.739. The number of hydrogen-bond donors (Lipinski definition) is 3. The van der Waals surface area contributed by atoms with E-state index in [-0.39, 0.29) is 18.5 Å². The number of aryl methyl sites for hydroxylation is 2. The lowest BCUT2D eigenvalue weighted by Crippen LogP contribution is -2.41. The molecule has 0 unspecified atom stereocenters. The van der Waals surface area contributed by atoms with Gasteiger partial charge in [0.1, 0.15) is 0 Å². The predicted octanol–water partition coefficient (Wildman–Crippen LogP) is 2.11. The molecule has 0 aliphatic heterocycles. The number of benzene rings is 1. The molecule has 1 amide bonds. The van der Waals surface area contributed by atoms with Crippen LogP contribution in [0.3, 0.4) is 0 Å². The predicted molar refractivity (Wildman–Crippen MR) is 83.4 cm³/mol. The minimum atomic E-state index is -0.0693. The maximum Gasteiger partial charge on any atom is 0.239 e. The molecule has 4 nitrogen and oxygen atoms in total. The molecule has 104 valence electrons. The molecule has 1 aromatic carbocycles. The zero-order chi connectivity index (χ0) is 14.4. The van der Waals surface area contributed by atoms with Crippen molar-refractivity contribution in [3.8, 4) is 0 Å². The Bertz CT molecular complexity index is 472. The second-order valence-electron chi connectivity index (χ2n) is 4.85. The minimum Gasteiger partial charge on any atom is -0.353 e. The van der Waals surface area contributed by atoms with Crippen molar-refractivity contribution in [2.24, 2.45) is 0 Å². The maximum atomic E-state index is 11.5. The van der Waals surface area contributed by atoms with Crippen molar-refractivity contribution in [1.29, 1.82) is 0 Å². The number of hydrogen-bond acceptors (Lipinski definition) is 2. The number of thiocarbonyl (C=S) groups is 1. The molecule has 0 fully saturated rings. The summed E-state index contributed by atoms with van der Waals surface area (Å²) in [7, 11) is 0. The zero-order valence-electron chi connectivity index (χ0n) is 11.8. The van der Waals surface area contributed by atoms with Crippen LogP contribution in [0.25, 0.3) is 0 Å². The monoisotopic (exact) mass is 279 g/mol. The Morgan fingerprint density at radius 2 is 2.00 bits per heavy atom. The maximum absolute atomic E-state index is 11.5. The first kappa shape index (κ1) is 15.4. The van der Waals surface area contributed by atoms with E-state index in [1.54, 1.807) is 0 Å². The molecule has 19 heavy (non-hydrogen) atoms. The highest BCUT2D eigenvalue weighted by atomic mass is 32.1. The van der Waals surface area contributed by atoms with Gasteiger partial charge in [-0.2, -0.15) is 0 Å². The van der Waals surface area contributed by atoms with E-state index in [2.05, 4.69) is 16.0 Å². The molecule has 0 spiro atoms. The van der Waals surface area contributed by atoms with Gasteiger partial charge in [0.15, 0.2) is 5.11 Å². The minimum absolute atomic E-state index is 0.0693. The third-order valence-electron chi connectivity index (χ3n) is 2.50. The van der Waals surface area contributed by atoms with E-state index in [0.717, 1.165) is 16.8 Å². The van der Waals surface area contributed by atoms with Gasteiger partial charge in [-0.3, -0.25) is 4.79 Å². The van der Waals surface area contributed by atoms with Crippen LogP contribution in [-0.2, 0) is 4.79 Å². The van der Waals surface area contributed by atoms with E-state index in [4.69, 9.17) is 12.2 Å². The Morgan fingerprint density at radius 3 is 2.63 bits per heavy atom. The van der Waals surface area contributed by atoms with Gasteiger partial charge in [-0.25, -0.2) is 0 Å². The molecule has 1 rings (SSSR count). The van der Waals surface area contributed by atoms with Crippen molar-refractivity contribution in [3.63, 3.8) is 0 Å². The van der Waals surface area contributed by atoms with Gasteiger partial charge in [-0.05, 0) is 57.1 Å². The first-order valence-corrected chi connectivity index (χ1v) is 6.71. The van der Waals surface area contributed by atoms with Crippen molar-refractivity contribution in [1.82, 2.24) is 10.6 Å². The molecule has 0 bridgehead atoms. The Balaban J connectivity index is 2.47. The SMILES string of the molecule is Cc1ccc(C)c(NC(=S)NCC(=O)NC(C)C)c1. The van der Waals surface area contributed by atoms with Gasteiger partial charge in [-0.1, -0.05) is 12.1 Å². The highest BCUT2D eigenvalue weighted by Gasteiger charge is 2.05. The molecule has 5 heteroatoms. The van der Waals surface area contributed by atoms with Gasteiger partial charge in [0.25, 0.3) is 0 Å². The van der Waals surface area contributed by atoms with Crippen molar-refractivity contribution in [2.45, 2.75) is 33.7 Å². The molecule has 0 atom stereocenters. The first-order chi connectivity index (χ1) is 8.88. The summed E-state index contributed by atoms with van der Waals surface area (Å²) in [5.74, 6) is -0.0693. The topological polar surface area (TPSA) is 53.2 Å². The van der Waals surface area contributed by atoms with Crippen LogP contribution in [0.15, 0.2) is 18.2 Å². The van der Waals surface area contributed by atoms with E-state index in [0.29, 0.717) is 5.11 Å². The standard InChI is InChI=1S/C14H21N3OS/c1-9(2)16-13(18)8-15-14(19)17-12-7-10(3)5-6-11(12)4/h5-7,9H,8H2,1-4H3,(H,16,18)(H2,15,17,19). The number of rotatable bonds is 4. The molecule has 3 N–H and O–H groups in total. The summed E-state index contributed by atoms with van der Waals surface area (Å²) in [5.41, 5.74) is 3.23. The van der Waals surface area contributed by atoms with Crippen molar-refractivity contribution in [2.75, 3.05) is 11.9 Å². The Kier molecular flexibility index (Phi) is 5.76. The van der Waals surface area contributed by atoms with Crippen molar-refractivity contribution < 1.29 is 4.79 Å². The summed E-state index contributed by atoms with van der Waals surface area (Å²) in [6.45, 7) is 8.05. The van der Waals surface area contributed by atoms with Gasteiger partial charge in [0, 0.05) is 11.7 Å². The summed E-state index contributed by atoms with van der Waals surface area (Å²) < 4.78 is 0. The number of carbonyl (C=O) groups is 1. The number of anilines is 1. The highest BCUT2D eigenvalue weighted by molar-refractivity contribution is 7.80. The van der Waals surface area contributed by atoms with Crippen LogP contribution in [0.1, 0.15) is 25.0 Å². The van der Waals surface area contributed by atoms with Crippen molar-refractivity contribution in [3.05, 3.63) is 29.3 Å². The second-order valence-corrected chi connectivity index (χ2v) is 5.26. The summed E-state index contributed by atoms with van der Waals surface area (Å²) in [6.07, 6.45) is 0. The third-order valence-corrected chi connectivity index (χ3v) is 2.75. The van der Waals surface area contributed by atoms with Crippen LogP contribution in [0.2, 0.25) is 0 Å². The Morgan fingerprint density at radius 1 is 1.32 bits per heavy atom. The van der Waals surface area contributed by atoms with Crippen LogP contribution in [0, 0.1) is 13.8 Å². The van der Waals surface area contributed by atoms with Crippen molar-refractivity contribution >= 4 is 28.9 Å². The molecule has 0 saturated carbocycles. The van der Waals surface area contributed by atoms with Crippen LogP contribution in [0.5, 0.6) is 0 Å². The molecule has 0 aliphatic carbocycles. The second kappa shape index (κ2) is 7.09. The van der Waals surface area contributed by atoms with Gasteiger partial charge in [0.05, 0.1) is 6.54 Å². The first-order valence-electron chi connectivity index (χ1n) is 6.30. The van der Waals surface area contributed by atoms with Gasteiger partial charge < -0.3 is 16.0 Å². The van der Waals surface area contributed by atoms with Gasteiger partial charge in [0.2, 0.25) is 5.91 Å². The van der Waals surface area contributed by atoms with Crippen LogP contribution in [0.4, 0.5) is 5.69 Å². The Hall–Kier alpha value is -1.62. The fourth-order valence-corrected chi connectivity index (χ4v) is 1.75. The fourth-order valence-electron chi connectivity index (χ4n) is 1.57. The molecular weight excluding hydrogens is 258 g/mol. The largest absolute Gasteiger partial charge is 0.353 e. The number of carbonyl (C=O) groups excluding carboxylic acids is 1.